The molecule has 0 aliphatic heterocycles. The molecule has 0 radical (unpaired) electrons. The van der Waals surface area contributed by atoms with Gasteiger partial charge in [0.25, 0.3) is 0 Å². The van der Waals surface area contributed by atoms with Gasteiger partial charge in [-0.1, -0.05) is 0 Å². The summed E-state index contributed by atoms with van der Waals surface area (Å²) in [6.07, 6.45) is 8.78. The van der Waals surface area contributed by atoms with Crippen LogP contribution in [0.5, 0.6) is 0 Å². The van der Waals surface area contributed by atoms with Gasteiger partial charge >= 0.3 is 277 Å². The fraction of sp³-hybridized carbons (Fsp3) is 0.278. The molecule has 4 aromatic rings. The molecule has 2 heterocycles. The van der Waals surface area contributed by atoms with Gasteiger partial charge in [0, 0.05) is 0 Å². The molecule has 0 N–H and O–H groups in total. The fourth-order valence-corrected chi connectivity index (χ4v) is 54.3. The number of allylic oxidation sites excluding steroid dienone is 2. The van der Waals surface area contributed by atoms with Gasteiger partial charge in [-0.05, 0) is 0 Å². The molecule has 0 amide bonds. The van der Waals surface area contributed by atoms with Gasteiger partial charge in [0.1, 0.15) is 0 Å². The molecule has 6 rings (SSSR count). The van der Waals surface area contributed by atoms with Gasteiger partial charge in [-0.2, -0.15) is 0 Å². The predicted octanol–water partition coefficient (Wildman–Crippen LogP) is 11.1. The summed E-state index contributed by atoms with van der Waals surface area (Å²) >= 11 is -4.91. The second-order valence-corrected chi connectivity index (χ2v) is 67.7. The van der Waals surface area contributed by atoms with Crippen molar-refractivity contribution in [1.82, 2.24) is 9.97 Å². The van der Waals surface area contributed by atoms with Crippen molar-refractivity contribution in [1.29, 1.82) is 0 Å². The molecule has 2 aliphatic carbocycles. The number of pyridine rings is 2. The van der Waals surface area contributed by atoms with E-state index in [0.717, 1.165) is 11.4 Å². The van der Waals surface area contributed by atoms with Gasteiger partial charge in [0.2, 0.25) is 0 Å². The van der Waals surface area contributed by atoms with Crippen LogP contribution in [-0.4, -0.2) is 32.0 Å². The number of rotatable bonds is 7. The summed E-state index contributed by atoms with van der Waals surface area (Å²) < 4.78 is 0.178. The zero-order chi connectivity index (χ0) is 31.7. The summed E-state index contributed by atoms with van der Waals surface area (Å²) in [5.74, 6) is -1.67. The minimum absolute atomic E-state index is 0.0889. The number of nitrogens with zero attached hydrogens (tertiary/aromatic N) is 2. The van der Waals surface area contributed by atoms with Crippen LogP contribution in [0.2, 0.25) is 52.4 Å². The standard InChI is InChI=1S/2C17H18NSi.C2H7Si.2ClH.Zr/c2*1-19(2,3)14-11-13-7-6-8-15(16(13)12-14)17-9-4-5-10-18-17;1-3-2;;;/h2*4-12H,1-3H3;3H,1-2H3;2*1H;/q;;;;;+2/p-2. The van der Waals surface area contributed by atoms with E-state index in [2.05, 4.69) is 125 Å². The molecule has 44 heavy (non-hydrogen) atoms. The molecular formula is C36H43Cl2N2Si3Zr. The van der Waals surface area contributed by atoms with Crippen LogP contribution in [0.4, 0.5) is 0 Å². The van der Waals surface area contributed by atoms with Gasteiger partial charge in [-0.15, -0.1) is 0 Å². The van der Waals surface area contributed by atoms with Gasteiger partial charge in [-0.3, -0.25) is 0 Å². The molecule has 0 saturated carbocycles. The third kappa shape index (κ3) is 5.13. The molecule has 0 spiro atoms. The Morgan fingerprint density at radius 2 is 1.00 bits per heavy atom. The molecule has 2 unspecified atom stereocenters. The second-order valence-electron chi connectivity index (χ2n) is 15.0. The zero-order valence-corrected chi connectivity index (χ0v) is 34.2. The second kappa shape index (κ2) is 11.2. The molecule has 2 aromatic heterocycles. The maximum atomic E-state index is 8.76. The molecule has 2 atom stereocenters. The number of fused-ring (bicyclic) bond motifs is 2. The van der Waals surface area contributed by atoms with Crippen molar-refractivity contribution in [3.05, 3.63) is 118 Å². The van der Waals surface area contributed by atoms with Crippen molar-refractivity contribution < 1.29 is 15.6 Å². The molecule has 8 heteroatoms. The normalized spacial score (nSPS) is 19.2. The summed E-state index contributed by atoms with van der Waals surface area (Å²) in [5, 5.41) is 3.05. The SMILES string of the molecule is C[SiH](C)[Zr]([Cl])([Cl])([CH]1C([Si](C)(C)C)=Cc2c(-c3ccccn3)cccc21)[CH]1C([Si](C)(C)C)=Cc2c(-c3ccccn3)cccc21. The first-order chi connectivity index (χ1) is 20.6. The summed E-state index contributed by atoms with van der Waals surface area (Å²) in [4.78, 5) is 9.55. The van der Waals surface area contributed by atoms with E-state index in [0.29, 0.717) is 0 Å². The van der Waals surface area contributed by atoms with Crippen molar-refractivity contribution in [2.75, 3.05) is 0 Å². The van der Waals surface area contributed by atoms with Crippen molar-refractivity contribution in [2.24, 2.45) is 0 Å². The van der Waals surface area contributed by atoms with Crippen LogP contribution in [0, 0.1) is 0 Å². The Kier molecular flexibility index (Phi) is 8.25. The van der Waals surface area contributed by atoms with Crippen LogP contribution in [0.3, 0.4) is 0 Å². The van der Waals surface area contributed by atoms with Crippen LogP contribution in [-0.2, 0) is 15.6 Å². The Balaban J connectivity index is 1.67. The molecular weight excluding hydrogens is 707 g/mol. The molecule has 0 bridgehead atoms. The topological polar surface area (TPSA) is 25.8 Å². The predicted molar refractivity (Wildman–Crippen MR) is 198 cm³/mol. The number of hydrogen-bond donors (Lipinski definition) is 0. The van der Waals surface area contributed by atoms with E-state index in [9.17, 15) is 0 Å². The Bertz CT molecular complexity index is 1680. The van der Waals surface area contributed by atoms with E-state index >= 15 is 0 Å². The molecule has 0 saturated heterocycles. The molecule has 0 fully saturated rings. The molecule has 227 valence electrons. The third-order valence-electron chi connectivity index (χ3n) is 9.94. The Hall–Kier alpha value is -1.67. The van der Waals surface area contributed by atoms with Crippen LogP contribution < -0.4 is 0 Å². The molecule has 2 aromatic carbocycles. The number of aromatic nitrogens is 2. The summed E-state index contributed by atoms with van der Waals surface area (Å²) in [5.41, 5.74) is 9.62. The number of halogens is 2. The first-order valence-corrected chi connectivity index (χ1v) is 39.0. The fourth-order valence-electron chi connectivity index (χ4n) is 7.62. The van der Waals surface area contributed by atoms with E-state index < -0.39 is 37.6 Å². The minimum atomic E-state index is -4.91. The third-order valence-corrected chi connectivity index (χ3v) is 67.2. The van der Waals surface area contributed by atoms with Gasteiger partial charge < -0.3 is 0 Å². The molecule has 2 nitrogen and oxygen atoms in total. The number of benzene rings is 2. The summed E-state index contributed by atoms with van der Waals surface area (Å²) in [7, 11) is 13.8. The first kappa shape index (κ1) is 32.3. The van der Waals surface area contributed by atoms with Gasteiger partial charge in [-0.25, -0.2) is 0 Å². The van der Waals surface area contributed by atoms with Gasteiger partial charge in [0.15, 0.2) is 0 Å². The first-order valence-electron chi connectivity index (χ1n) is 15.7. The maximum absolute atomic E-state index is 8.76. The average molecular weight is 750 g/mol. The zero-order valence-electron chi connectivity index (χ0n) is 27.1. The Morgan fingerprint density at radius 3 is 1.32 bits per heavy atom. The molecule has 2 aliphatic rings. The quantitative estimate of drug-likeness (QED) is 0.176. The van der Waals surface area contributed by atoms with Gasteiger partial charge in [0.05, 0.1) is 0 Å². The van der Waals surface area contributed by atoms with Crippen molar-refractivity contribution in [2.45, 2.75) is 59.6 Å². The van der Waals surface area contributed by atoms with E-state index in [1.165, 1.54) is 43.8 Å². The van der Waals surface area contributed by atoms with Crippen LogP contribution in [0.25, 0.3) is 34.7 Å². The van der Waals surface area contributed by atoms with Crippen LogP contribution in [0.15, 0.2) is 95.6 Å². The van der Waals surface area contributed by atoms with Crippen molar-refractivity contribution in [3.8, 4) is 22.5 Å². The number of hydrogen-bond acceptors (Lipinski definition) is 2. The van der Waals surface area contributed by atoms with Crippen molar-refractivity contribution >= 4 is 51.2 Å². The van der Waals surface area contributed by atoms with E-state index in [1.807, 2.05) is 24.5 Å². The summed E-state index contributed by atoms with van der Waals surface area (Å²) in [6.45, 7) is 19.7. The average Bonchev–Trinajstić information content (AvgIpc) is 3.59. The van der Waals surface area contributed by atoms with Crippen LogP contribution >= 0.6 is 17.0 Å². The van der Waals surface area contributed by atoms with E-state index in [4.69, 9.17) is 27.0 Å². The van der Waals surface area contributed by atoms with E-state index in [1.54, 1.807) is 0 Å². The summed E-state index contributed by atoms with van der Waals surface area (Å²) in [6, 6.07) is 25.9. The Morgan fingerprint density at radius 1 is 0.591 bits per heavy atom. The van der Waals surface area contributed by atoms with Crippen LogP contribution in [0.1, 0.15) is 29.5 Å². The van der Waals surface area contributed by atoms with Crippen molar-refractivity contribution in [3.63, 3.8) is 0 Å². The monoisotopic (exact) mass is 747 g/mol. The Labute approximate surface area is 274 Å². The van der Waals surface area contributed by atoms with E-state index in [-0.39, 0.29) is 7.25 Å².